The molecule has 1 aromatic carbocycles. The van der Waals surface area contributed by atoms with Crippen LogP contribution in [0.15, 0.2) is 18.2 Å². The van der Waals surface area contributed by atoms with Crippen LogP contribution in [0.1, 0.15) is 16.8 Å². The molecule has 3 nitrogen and oxygen atoms in total. The van der Waals surface area contributed by atoms with Crippen LogP contribution < -0.4 is 5.73 Å². The van der Waals surface area contributed by atoms with Crippen molar-refractivity contribution in [2.45, 2.75) is 13.5 Å². The molecule has 2 N–H and O–H groups in total. The zero-order valence-corrected chi connectivity index (χ0v) is 8.91. The SMILES string of the molecule is Cc1cccc2c1c(CN)c(C#N)n2C. The summed E-state index contributed by atoms with van der Waals surface area (Å²) in [6.07, 6.45) is 0. The Labute approximate surface area is 88.7 Å². The Kier molecular flexibility index (Phi) is 2.22. The number of fused-ring (bicyclic) bond motifs is 1. The molecule has 2 rings (SSSR count). The van der Waals surface area contributed by atoms with Gasteiger partial charge >= 0.3 is 0 Å². The summed E-state index contributed by atoms with van der Waals surface area (Å²) in [6.45, 7) is 2.45. The smallest absolute Gasteiger partial charge is 0.125 e. The second-order valence-corrected chi connectivity index (χ2v) is 3.67. The molecule has 0 bridgehead atoms. The Morgan fingerprint density at radius 1 is 1.47 bits per heavy atom. The third-order valence-electron chi connectivity index (χ3n) is 2.85. The normalized spacial score (nSPS) is 10.5. The van der Waals surface area contributed by atoms with E-state index in [2.05, 4.69) is 6.07 Å². The van der Waals surface area contributed by atoms with Crippen molar-refractivity contribution < 1.29 is 0 Å². The van der Waals surface area contributed by atoms with Gasteiger partial charge in [-0.05, 0) is 18.6 Å². The summed E-state index contributed by atoms with van der Waals surface area (Å²) in [4.78, 5) is 0. The number of hydrogen-bond acceptors (Lipinski definition) is 2. The lowest BCUT2D eigenvalue weighted by molar-refractivity contribution is 0.925. The second kappa shape index (κ2) is 3.41. The summed E-state index contributed by atoms with van der Waals surface area (Å²) < 4.78 is 1.91. The van der Waals surface area contributed by atoms with Gasteiger partial charge < -0.3 is 10.3 Å². The molecule has 0 fully saturated rings. The van der Waals surface area contributed by atoms with E-state index in [0.717, 1.165) is 16.5 Å². The van der Waals surface area contributed by atoms with Gasteiger partial charge in [0.05, 0.1) is 0 Å². The summed E-state index contributed by atoms with van der Waals surface area (Å²) in [5, 5.41) is 10.2. The van der Waals surface area contributed by atoms with Crippen molar-refractivity contribution in [1.82, 2.24) is 4.57 Å². The molecule has 0 saturated heterocycles. The van der Waals surface area contributed by atoms with Crippen molar-refractivity contribution in [3.05, 3.63) is 35.0 Å². The first-order chi connectivity index (χ1) is 7.20. The average Bonchev–Trinajstić information content (AvgIpc) is 2.53. The van der Waals surface area contributed by atoms with Crippen LogP contribution in [0.5, 0.6) is 0 Å². The predicted octanol–water partition coefficient (Wildman–Crippen LogP) is 1.82. The van der Waals surface area contributed by atoms with Crippen LogP contribution >= 0.6 is 0 Å². The van der Waals surface area contributed by atoms with Crippen molar-refractivity contribution in [1.29, 1.82) is 5.26 Å². The van der Waals surface area contributed by atoms with Gasteiger partial charge in [0.25, 0.3) is 0 Å². The fraction of sp³-hybridized carbons (Fsp3) is 0.250. The quantitative estimate of drug-likeness (QED) is 0.761. The van der Waals surface area contributed by atoms with Gasteiger partial charge in [0.1, 0.15) is 11.8 Å². The van der Waals surface area contributed by atoms with E-state index in [1.165, 1.54) is 5.56 Å². The van der Waals surface area contributed by atoms with E-state index in [9.17, 15) is 0 Å². The van der Waals surface area contributed by atoms with Crippen molar-refractivity contribution in [2.24, 2.45) is 12.8 Å². The summed E-state index contributed by atoms with van der Waals surface area (Å²) in [7, 11) is 1.90. The van der Waals surface area contributed by atoms with Gasteiger partial charge in [-0.15, -0.1) is 0 Å². The molecule has 0 unspecified atom stereocenters. The van der Waals surface area contributed by atoms with E-state index in [4.69, 9.17) is 11.0 Å². The molecule has 76 valence electrons. The van der Waals surface area contributed by atoms with Crippen LogP contribution in [0.3, 0.4) is 0 Å². The van der Waals surface area contributed by atoms with Crippen LogP contribution in [0.4, 0.5) is 0 Å². The standard InChI is InChI=1S/C12H13N3/c1-8-4-3-5-10-12(8)9(6-13)11(7-14)15(10)2/h3-5H,6,13H2,1-2H3. The number of hydrogen-bond donors (Lipinski definition) is 1. The van der Waals surface area contributed by atoms with Crippen molar-refractivity contribution in [2.75, 3.05) is 0 Å². The molecular weight excluding hydrogens is 186 g/mol. The maximum atomic E-state index is 9.10. The fourth-order valence-corrected chi connectivity index (χ4v) is 2.11. The van der Waals surface area contributed by atoms with Crippen LogP contribution in [0.2, 0.25) is 0 Å². The summed E-state index contributed by atoms with van der Waals surface area (Å²) in [5.41, 5.74) is 9.58. The maximum absolute atomic E-state index is 9.10. The van der Waals surface area contributed by atoms with Gasteiger partial charge in [0.15, 0.2) is 0 Å². The molecule has 0 radical (unpaired) electrons. The van der Waals surface area contributed by atoms with Crippen molar-refractivity contribution in [3.8, 4) is 6.07 Å². The Hall–Kier alpha value is -1.79. The minimum absolute atomic E-state index is 0.408. The Balaban J connectivity index is 3.00. The number of nitrogens with two attached hydrogens (primary N) is 1. The highest BCUT2D eigenvalue weighted by Crippen LogP contribution is 2.27. The number of rotatable bonds is 1. The first kappa shape index (κ1) is 9.75. The zero-order chi connectivity index (χ0) is 11.0. The molecule has 1 heterocycles. The molecule has 0 aliphatic heterocycles. The van der Waals surface area contributed by atoms with Crippen LogP contribution in [0.25, 0.3) is 10.9 Å². The highest BCUT2D eigenvalue weighted by atomic mass is 15.0. The van der Waals surface area contributed by atoms with E-state index < -0.39 is 0 Å². The summed E-state index contributed by atoms with van der Waals surface area (Å²) in [6, 6.07) is 8.27. The Morgan fingerprint density at radius 3 is 2.80 bits per heavy atom. The minimum atomic E-state index is 0.408. The molecule has 0 aliphatic rings. The third kappa shape index (κ3) is 1.23. The largest absolute Gasteiger partial charge is 0.335 e. The van der Waals surface area contributed by atoms with Gasteiger partial charge in [-0.3, -0.25) is 0 Å². The Morgan fingerprint density at radius 2 is 2.20 bits per heavy atom. The maximum Gasteiger partial charge on any atom is 0.125 e. The molecule has 0 aliphatic carbocycles. The number of nitriles is 1. The topological polar surface area (TPSA) is 54.7 Å². The van der Waals surface area contributed by atoms with E-state index in [1.54, 1.807) is 0 Å². The zero-order valence-electron chi connectivity index (χ0n) is 8.91. The average molecular weight is 199 g/mol. The van der Waals surface area contributed by atoms with Gasteiger partial charge in [-0.1, -0.05) is 12.1 Å². The van der Waals surface area contributed by atoms with Crippen molar-refractivity contribution in [3.63, 3.8) is 0 Å². The molecule has 0 atom stereocenters. The number of benzene rings is 1. The van der Waals surface area contributed by atoms with Crippen molar-refractivity contribution >= 4 is 10.9 Å². The first-order valence-electron chi connectivity index (χ1n) is 4.87. The van der Waals surface area contributed by atoms with E-state index in [1.807, 2.05) is 36.7 Å². The minimum Gasteiger partial charge on any atom is -0.335 e. The predicted molar refractivity (Wildman–Crippen MR) is 60.3 cm³/mol. The van der Waals surface area contributed by atoms with E-state index in [-0.39, 0.29) is 0 Å². The lowest BCUT2D eigenvalue weighted by atomic mass is 10.1. The molecule has 0 saturated carbocycles. The summed E-state index contributed by atoms with van der Waals surface area (Å²) in [5.74, 6) is 0. The van der Waals surface area contributed by atoms with E-state index in [0.29, 0.717) is 12.2 Å². The lowest BCUT2D eigenvalue weighted by Crippen LogP contribution is -2.00. The number of nitrogens with zero attached hydrogens (tertiary/aromatic N) is 2. The first-order valence-corrected chi connectivity index (χ1v) is 4.87. The lowest BCUT2D eigenvalue weighted by Gasteiger charge is -1.98. The van der Waals surface area contributed by atoms with Crippen LogP contribution in [-0.4, -0.2) is 4.57 Å². The monoisotopic (exact) mass is 199 g/mol. The van der Waals surface area contributed by atoms with Gasteiger partial charge in [0.2, 0.25) is 0 Å². The molecule has 3 heteroatoms. The van der Waals surface area contributed by atoms with Gasteiger partial charge in [-0.25, -0.2) is 0 Å². The molecule has 1 aromatic heterocycles. The number of aryl methyl sites for hydroxylation is 2. The van der Waals surface area contributed by atoms with Crippen LogP contribution in [0, 0.1) is 18.3 Å². The van der Waals surface area contributed by atoms with E-state index >= 15 is 0 Å². The molecule has 15 heavy (non-hydrogen) atoms. The molecule has 2 aromatic rings. The summed E-state index contributed by atoms with van der Waals surface area (Å²) >= 11 is 0. The number of aromatic nitrogens is 1. The molecule has 0 spiro atoms. The Bertz CT molecular complexity index is 558. The highest BCUT2D eigenvalue weighted by molar-refractivity contribution is 5.89. The molecule has 0 amide bonds. The second-order valence-electron chi connectivity index (χ2n) is 3.67. The van der Waals surface area contributed by atoms with Crippen LogP contribution in [-0.2, 0) is 13.6 Å². The van der Waals surface area contributed by atoms with Gasteiger partial charge in [0, 0.05) is 30.1 Å². The highest BCUT2D eigenvalue weighted by Gasteiger charge is 2.14. The third-order valence-corrected chi connectivity index (χ3v) is 2.85. The fourth-order valence-electron chi connectivity index (χ4n) is 2.11. The molecular formula is C12H13N3. The van der Waals surface area contributed by atoms with Gasteiger partial charge in [-0.2, -0.15) is 5.26 Å².